The van der Waals surface area contributed by atoms with Gasteiger partial charge in [0.25, 0.3) is 0 Å². The Morgan fingerprint density at radius 1 is 1.19 bits per heavy atom. The van der Waals surface area contributed by atoms with Gasteiger partial charge in [0, 0.05) is 6.42 Å². The second-order valence-electron chi connectivity index (χ2n) is 6.23. The Morgan fingerprint density at radius 2 is 1.96 bits per heavy atom. The summed E-state index contributed by atoms with van der Waals surface area (Å²) < 4.78 is 33.1. The van der Waals surface area contributed by atoms with Crippen LogP contribution in [0.5, 0.6) is 0 Å². The van der Waals surface area contributed by atoms with E-state index in [0.29, 0.717) is 17.5 Å². The van der Waals surface area contributed by atoms with Crippen molar-refractivity contribution >= 4 is 17.0 Å². The van der Waals surface area contributed by atoms with Crippen LogP contribution in [-0.2, 0) is 16.0 Å². The molecule has 2 aromatic carbocycles. The second kappa shape index (κ2) is 7.64. The average Bonchev–Trinajstić information content (AvgIpc) is 3.00. The summed E-state index contributed by atoms with van der Waals surface area (Å²) in [7, 11) is 0. The lowest BCUT2D eigenvalue weighted by Crippen LogP contribution is -2.15. The van der Waals surface area contributed by atoms with E-state index in [1.54, 1.807) is 31.2 Å². The number of benzene rings is 2. The van der Waals surface area contributed by atoms with Crippen LogP contribution in [0.4, 0.5) is 8.78 Å². The molecule has 0 aliphatic heterocycles. The highest BCUT2D eigenvalue weighted by atomic mass is 19.3. The summed E-state index contributed by atoms with van der Waals surface area (Å²) in [6.07, 6.45) is -0.136. The third-order valence-corrected chi connectivity index (χ3v) is 4.19. The van der Waals surface area contributed by atoms with E-state index in [-0.39, 0.29) is 12.2 Å². The van der Waals surface area contributed by atoms with Crippen LogP contribution in [0.3, 0.4) is 0 Å². The van der Waals surface area contributed by atoms with Crippen molar-refractivity contribution in [2.45, 2.75) is 39.3 Å². The average molecular weight is 358 g/mol. The van der Waals surface area contributed by atoms with Gasteiger partial charge in [-0.25, -0.2) is 4.98 Å². The first-order chi connectivity index (χ1) is 12.5. The third kappa shape index (κ3) is 3.90. The lowest BCUT2D eigenvalue weighted by molar-refractivity contribution is -0.149. The van der Waals surface area contributed by atoms with Crippen LogP contribution in [0.1, 0.15) is 42.9 Å². The summed E-state index contributed by atoms with van der Waals surface area (Å²) in [5.41, 5.74) is 2.93. The number of nitrogens with zero attached hydrogens (tertiary/aromatic N) is 2. The Kier molecular flexibility index (Phi) is 5.30. The molecule has 0 aliphatic rings. The van der Waals surface area contributed by atoms with Gasteiger partial charge in [-0.15, -0.1) is 0 Å². The zero-order chi connectivity index (χ0) is 18.7. The number of fused-ring (bicyclic) bond motifs is 1. The summed E-state index contributed by atoms with van der Waals surface area (Å²) in [4.78, 5) is 16.4. The van der Waals surface area contributed by atoms with E-state index >= 15 is 0 Å². The van der Waals surface area contributed by atoms with Crippen LogP contribution in [0.15, 0.2) is 48.5 Å². The fourth-order valence-electron chi connectivity index (χ4n) is 2.98. The highest BCUT2D eigenvalue weighted by Crippen LogP contribution is 2.28. The molecule has 26 heavy (non-hydrogen) atoms. The lowest BCUT2D eigenvalue weighted by Gasteiger charge is -2.15. The van der Waals surface area contributed by atoms with Gasteiger partial charge in [0.05, 0.1) is 11.0 Å². The van der Waals surface area contributed by atoms with Crippen LogP contribution >= 0.6 is 0 Å². The number of carbonyl (C=O) groups is 1. The molecule has 3 aromatic rings. The molecule has 0 fully saturated rings. The quantitative estimate of drug-likeness (QED) is 0.584. The molecule has 1 unspecified atom stereocenters. The summed E-state index contributed by atoms with van der Waals surface area (Å²) in [5.74, 6) is -0.392. The Morgan fingerprint density at radius 3 is 2.69 bits per heavy atom. The highest BCUT2D eigenvalue weighted by Gasteiger charge is 2.24. The molecule has 1 heterocycles. The van der Waals surface area contributed by atoms with Gasteiger partial charge in [0.2, 0.25) is 0 Å². The molecule has 0 bridgehead atoms. The van der Waals surface area contributed by atoms with Crippen LogP contribution in [-0.4, -0.2) is 15.5 Å². The lowest BCUT2D eigenvalue weighted by atomic mass is 10.1. The van der Waals surface area contributed by atoms with Crippen LogP contribution < -0.4 is 0 Å². The normalized spacial score (nSPS) is 12.5. The number of carbonyl (C=O) groups excluding carboxylic acids is 1. The Bertz CT molecular complexity index is 921. The van der Waals surface area contributed by atoms with Crippen LogP contribution in [0.2, 0.25) is 0 Å². The molecule has 1 atom stereocenters. The molecule has 0 saturated carbocycles. The Balaban J connectivity index is 1.71. The summed E-state index contributed by atoms with van der Waals surface area (Å²) in [5, 5.41) is 0. The van der Waals surface area contributed by atoms with E-state index < -0.39 is 18.6 Å². The van der Waals surface area contributed by atoms with Gasteiger partial charge in [-0.3, -0.25) is 9.36 Å². The van der Waals surface area contributed by atoms with Gasteiger partial charge >= 0.3 is 12.5 Å². The monoisotopic (exact) mass is 358 g/mol. The van der Waals surface area contributed by atoms with Gasteiger partial charge in [-0.2, -0.15) is 8.78 Å². The smallest absolute Gasteiger partial charge is 0.320 e. The Hall–Kier alpha value is -2.76. The molecule has 0 radical (unpaired) electrons. The van der Waals surface area contributed by atoms with Crippen LogP contribution in [0.25, 0.3) is 11.0 Å². The first-order valence-corrected chi connectivity index (χ1v) is 8.45. The number of aromatic nitrogens is 2. The predicted octanol–water partition coefficient (Wildman–Crippen LogP) is 4.98. The topological polar surface area (TPSA) is 44.1 Å². The minimum atomic E-state index is -2.76. The maximum absolute atomic E-state index is 13.5. The van der Waals surface area contributed by atoms with Crippen molar-refractivity contribution < 1.29 is 18.3 Å². The van der Waals surface area contributed by atoms with Crippen molar-refractivity contribution in [2.24, 2.45) is 0 Å². The van der Waals surface area contributed by atoms with Gasteiger partial charge in [-0.05, 0) is 38.0 Å². The third-order valence-electron chi connectivity index (χ3n) is 4.19. The van der Waals surface area contributed by atoms with E-state index in [9.17, 15) is 13.6 Å². The van der Waals surface area contributed by atoms with E-state index in [1.807, 2.05) is 31.2 Å². The standard InChI is InChI=1S/C20H20F2N2O2/c1-13-6-5-7-15(12-13)10-11-18(25)26-14(2)19-23-16-8-3-4-9-17(16)24(19)20(21)22/h3-9,12,14,20H,10-11H2,1-2H3. The van der Waals surface area contributed by atoms with Crippen molar-refractivity contribution in [2.75, 3.05) is 0 Å². The molecule has 0 saturated heterocycles. The van der Waals surface area contributed by atoms with Crippen molar-refractivity contribution in [3.63, 3.8) is 0 Å². The van der Waals surface area contributed by atoms with E-state index in [2.05, 4.69) is 4.98 Å². The fraction of sp³-hybridized carbons (Fsp3) is 0.300. The Labute approximate surface area is 150 Å². The molecule has 0 N–H and O–H groups in total. The zero-order valence-corrected chi connectivity index (χ0v) is 14.7. The number of rotatable bonds is 6. The van der Waals surface area contributed by atoms with E-state index in [4.69, 9.17) is 4.74 Å². The van der Waals surface area contributed by atoms with Gasteiger partial charge in [0.15, 0.2) is 11.9 Å². The number of para-hydroxylation sites is 2. The maximum Gasteiger partial charge on any atom is 0.320 e. The first-order valence-electron chi connectivity index (χ1n) is 8.45. The molecule has 136 valence electrons. The number of hydrogen-bond acceptors (Lipinski definition) is 3. The second-order valence-corrected chi connectivity index (χ2v) is 6.23. The molecule has 3 rings (SSSR count). The van der Waals surface area contributed by atoms with E-state index in [0.717, 1.165) is 15.7 Å². The van der Waals surface area contributed by atoms with Gasteiger partial charge < -0.3 is 4.74 Å². The minimum absolute atomic E-state index is 0.0464. The summed E-state index contributed by atoms with van der Waals surface area (Å²) in [6.45, 7) is 0.787. The summed E-state index contributed by atoms with van der Waals surface area (Å²) >= 11 is 0. The van der Waals surface area contributed by atoms with Crippen molar-refractivity contribution in [1.82, 2.24) is 9.55 Å². The molecular formula is C20H20F2N2O2. The number of esters is 1. The molecular weight excluding hydrogens is 338 g/mol. The minimum Gasteiger partial charge on any atom is -0.454 e. The molecule has 0 spiro atoms. The highest BCUT2D eigenvalue weighted by molar-refractivity contribution is 5.76. The number of hydrogen-bond donors (Lipinski definition) is 0. The van der Waals surface area contributed by atoms with Crippen molar-refractivity contribution in [3.8, 4) is 0 Å². The number of imidazole rings is 1. The maximum atomic E-state index is 13.5. The van der Waals surface area contributed by atoms with E-state index in [1.165, 1.54) is 0 Å². The number of aryl methyl sites for hydroxylation is 2. The first kappa shape index (κ1) is 18.0. The number of halogens is 2. The SMILES string of the molecule is Cc1cccc(CCC(=O)OC(C)c2nc3ccccc3n2C(F)F)c1. The molecule has 0 aliphatic carbocycles. The summed E-state index contributed by atoms with van der Waals surface area (Å²) in [6, 6.07) is 14.5. The number of ether oxygens (including phenoxy) is 1. The largest absolute Gasteiger partial charge is 0.454 e. The van der Waals surface area contributed by atoms with Crippen molar-refractivity contribution in [1.29, 1.82) is 0 Å². The number of alkyl halides is 2. The molecule has 1 aromatic heterocycles. The fourth-order valence-corrected chi connectivity index (χ4v) is 2.98. The predicted molar refractivity (Wildman–Crippen MR) is 95.0 cm³/mol. The van der Waals surface area contributed by atoms with Gasteiger partial charge in [-0.1, -0.05) is 42.0 Å². The van der Waals surface area contributed by atoms with Crippen molar-refractivity contribution in [3.05, 3.63) is 65.5 Å². The molecule has 4 nitrogen and oxygen atoms in total. The van der Waals surface area contributed by atoms with Gasteiger partial charge in [0.1, 0.15) is 0 Å². The van der Waals surface area contributed by atoms with Crippen LogP contribution in [0, 0.1) is 6.92 Å². The molecule has 0 amide bonds. The molecule has 6 heteroatoms. The zero-order valence-electron chi connectivity index (χ0n) is 14.7.